The molecule has 2 N–H and O–H groups in total. The van der Waals surface area contributed by atoms with Gasteiger partial charge in [-0.15, -0.1) is 0 Å². The fraction of sp³-hybridized carbons (Fsp3) is 0.636. The fourth-order valence-corrected chi connectivity index (χ4v) is 2.94. The molecule has 0 aliphatic carbocycles. The molecule has 1 aliphatic rings. The maximum atomic E-state index is 11.3. The van der Waals surface area contributed by atoms with Crippen LogP contribution in [0.5, 0.6) is 0 Å². The van der Waals surface area contributed by atoms with Crippen molar-refractivity contribution in [2.24, 2.45) is 0 Å². The molecule has 0 bridgehead atoms. The van der Waals surface area contributed by atoms with Gasteiger partial charge in [-0.1, -0.05) is 6.92 Å². The van der Waals surface area contributed by atoms with Crippen molar-refractivity contribution in [2.75, 3.05) is 35.2 Å². The van der Waals surface area contributed by atoms with E-state index in [0.717, 1.165) is 36.7 Å². The van der Waals surface area contributed by atoms with Gasteiger partial charge in [0.2, 0.25) is 0 Å². The van der Waals surface area contributed by atoms with Crippen LogP contribution in [0.15, 0.2) is 0 Å². The molecule has 6 heteroatoms. The zero-order valence-corrected chi connectivity index (χ0v) is 11.1. The zero-order chi connectivity index (χ0) is 12.4. The molecule has 1 aliphatic heterocycles. The van der Waals surface area contributed by atoms with Gasteiger partial charge in [0.15, 0.2) is 0 Å². The Hall–Kier alpha value is -1.17. The Labute approximate surface area is 104 Å². The number of aromatic nitrogens is 2. The van der Waals surface area contributed by atoms with Crippen LogP contribution >= 0.6 is 0 Å². The quantitative estimate of drug-likeness (QED) is 0.832. The molecule has 1 fully saturated rings. The summed E-state index contributed by atoms with van der Waals surface area (Å²) in [5.41, 5.74) is 6.82. The number of rotatable bonds is 2. The maximum Gasteiger partial charge on any atom is 0.137 e. The number of aryl methyl sites for hydroxylation is 1. The van der Waals surface area contributed by atoms with Gasteiger partial charge in [0.05, 0.1) is 0 Å². The van der Waals surface area contributed by atoms with E-state index in [2.05, 4.69) is 14.9 Å². The van der Waals surface area contributed by atoms with Gasteiger partial charge in [0.1, 0.15) is 17.5 Å². The van der Waals surface area contributed by atoms with E-state index in [1.807, 2.05) is 13.8 Å². The second kappa shape index (κ2) is 5.00. The summed E-state index contributed by atoms with van der Waals surface area (Å²) in [6, 6.07) is 0. The summed E-state index contributed by atoms with van der Waals surface area (Å²) >= 11 is 0. The monoisotopic (exact) mass is 254 g/mol. The number of hydrogen-bond donors (Lipinski definition) is 1. The molecular weight excluding hydrogens is 236 g/mol. The lowest BCUT2D eigenvalue weighted by Crippen LogP contribution is -2.39. The highest BCUT2D eigenvalue weighted by Gasteiger charge is 2.20. The Kier molecular flexibility index (Phi) is 3.61. The second-order valence-electron chi connectivity index (χ2n) is 4.16. The van der Waals surface area contributed by atoms with Crippen molar-refractivity contribution in [3.05, 3.63) is 11.4 Å². The van der Waals surface area contributed by atoms with Crippen molar-refractivity contribution in [2.45, 2.75) is 20.3 Å². The Morgan fingerprint density at radius 2 is 2.00 bits per heavy atom. The molecule has 1 aromatic rings. The van der Waals surface area contributed by atoms with Gasteiger partial charge in [-0.2, -0.15) is 0 Å². The van der Waals surface area contributed by atoms with Gasteiger partial charge in [-0.3, -0.25) is 4.21 Å². The Bertz CT molecular complexity index is 439. The van der Waals surface area contributed by atoms with Crippen LogP contribution in [-0.4, -0.2) is 38.8 Å². The first kappa shape index (κ1) is 12.3. The van der Waals surface area contributed by atoms with Gasteiger partial charge in [-0.05, 0) is 6.92 Å². The zero-order valence-electron chi connectivity index (χ0n) is 10.3. The second-order valence-corrected chi connectivity index (χ2v) is 5.86. The molecule has 0 unspecified atom stereocenters. The van der Waals surface area contributed by atoms with Crippen LogP contribution in [-0.2, 0) is 17.2 Å². The maximum absolute atomic E-state index is 11.3. The molecule has 5 nitrogen and oxygen atoms in total. The average Bonchev–Trinajstić information content (AvgIpc) is 2.34. The largest absolute Gasteiger partial charge is 0.383 e. The van der Waals surface area contributed by atoms with Crippen LogP contribution in [0.2, 0.25) is 0 Å². The van der Waals surface area contributed by atoms with Crippen molar-refractivity contribution in [1.29, 1.82) is 0 Å². The van der Waals surface area contributed by atoms with E-state index in [9.17, 15) is 4.21 Å². The molecule has 2 rings (SSSR count). The smallest absolute Gasteiger partial charge is 0.137 e. The molecule has 1 saturated heterocycles. The summed E-state index contributed by atoms with van der Waals surface area (Å²) in [6.45, 7) is 5.52. The molecule has 94 valence electrons. The lowest BCUT2D eigenvalue weighted by Gasteiger charge is -2.29. The molecule has 2 heterocycles. The first-order chi connectivity index (χ1) is 8.11. The van der Waals surface area contributed by atoms with Crippen LogP contribution in [0.1, 0.15) is 18.3 Å². The van der Waals surface area contributed by atoms with Crippen LogP contribution in [0.25, 0.3) is 0 Å². The van der Waals surface area contributed by atoms with Crippen molar-refractivity contribution < 1.29 is 4.21 Å². The predicted octanol–water partition coefficient (Wildman–Crippen LogP) is 0.498. The van der Waals surface area contributed by atoms with Gasteiger partial charge in [-0.25, -0.2) is 9.97 Å². The Morgan fingerprint density at radius 3 is 2.59 bits per heavy atom. The van der Waals surface area contributed by atoms with Gasteiger partial charge >= 0.3 is 0 Å². The average molecular weight is 254 g/mol. The normalized spacial score (nSPS) is 17.4. The van der Waals surface area contributed by atoms with Crippen LogP contribution < -0.4 is 10.6 Å². The summed E-state index contributed by atoms with van der Waals surface area (Å²) in [4.78, 5) is 10.9. The Morgan fingerprint density at radius 1 is 1.35 bits per heavy atom. The van der Waals surface area contributed by atoms with E-state index in [4.69, 9.17) is 5.73 Å². The number of nitrogens with zero attached hydrogens (tertiary/aromatic N) is 3. The number of nitrogens with two attached hydrogens (primary N) is 1. The minimum absolute atomic E-state index is 0.554. The standard InChI is InChI=1S/C11H18N4OS/c1-3-9-13-10(12)8(2)11(14-9)15-4-6-17(16)7-5-15/h3-7H2,1-2H3,(H2,12,13,14). The van der Waals surface area contributed by atoms with E-state index >= 15 is 0 Å². The fourth-order valence-electron chi connectivity index (χ4n) is 1.88. The minimum atomic E-state index is -0.670. The van der Waals surface area contributed by atoms with Crippen LogP contribution in [0.3, 0.4) is 0 Å². The molecule has 0 radical (unpaired) electrons. The molecule has 17 heavy (non-hydrogen) atoms. The molecule has 0 amide bonds. The topological polar surface area (TPSA) is 72.1 Å². The molecule has 0 atom stereocenters. The first-order valence-corrected chi connectivity index (χ1v) is 7.33. The summed E-state index contributed by atoms with van der Waals surface area (Å²) < 4.78 is 11.3. The summed E-state index contributed by atoms with van der Waals surface area (Å²) in [7, 11) is -0.670. The van der Waals surface area contributed by atoms with Crippen LogP contribution in [0, 0.1) is 6.92 Å². The van der Waals surface area contributed by atoms with Gasteiger partial charge in [0, 0.05) is 47.4 Å². The molecular formula is C11H18N4OS. The first-order valence-electron chi connectivity index (χ1n) is 5.84. The highest BCUT2D eigenvalue weighted by molar-refractivity contribution is 7.85. The third-order valence-corrected chi connectivity index (χ3v) is 4.27. The summed E-state index contributed by atoms with van der Waals surface area (Å²) in [5.74, 6) is 3.66. The minimum Gasteiger partial charge on any atom is -0.383 e. The van der Waals surface area contributed by atoms with Gasteiger partial charge in [0.25, 0.3) is 0 Å². The summed E-state index contributed by atoms with van der Waals surface area (Å²) in [5, 5.41) is 0. The van der Waals surface area contributed by atoms with E-state index in [1.54, 1.807) is 0 Å². The third-order valence-electron chi connectivity index (χ3n) is 3.00. The predicted molar refractivity (Wildman–Crippen MR) is 70.6 cm³/mol. The molecule has 0 aromatic carbocycles. The number of hydrogen-bond acceptors (Lipinski definition) is 5. The Balaban J connectivity index is 2.30. The molecule has 1 aromatic heterocycles. The van der Waals surface area contributed by atoms with Gasteiger partial charge < -0.3 is 10.6 Å². The third kappa shape index (κ3) is 2.57. The summed E-state index contributed by atoms with van der Waals surface area (Å²) in [6.07, 6.45) is 0.775. The lowest BCUT2D eigenvalue weighted by atomic mass is 10.2. The number of anilines is 2. The highest BCUT2D eigenvalue weighted by Crippen LogP contribution is 2.22. The highest BCUT2D eigenvalue weighted by atomic mass is 32.2. The molecule has 0 saturated carbocycles. The van der Waals surface area contributed by atoms with Crippen molar-refractivity contribution in [3.63, 3.8) is 0 Å². The van der Waals surface area contributed by atoms with Crippen molar-refractivity contribution in [3.8, 4) is 0 Å². The number of nitrogen functional groups attached to an aromatic ring is 1. The van der Waals surface area contributed by atoms with E-state index in [1.165, 1.54) is 0 Å². The SMILES string of the molecule is CCc1nc(N)c(C)c(N2CCS(=O)CC2)n1. The van der Waals surface area contributed by atoms with Crippen molar-refractivity contribution >= 4 is 22.4 Å². The van der Waals surface area contributed by atoms with E-state index in [0.29, 0.717) is 17.3 Å². The van der Waals surface area contributed by atoms with Crippen molar-refractivity contribution in [1.82, 2.24) is 9.97 Å². The van der Waals surface area contributed by atoms with E-state index in [-0.39, 0.29) is 0 Å². The lowest BCUT2D eigenvalue weighted by molar-refractivity contribution is 0.671. The van der Waals surface area contributed by atoms with E-state index < -0.39 is 10.8 Å². The molecule has 0 spiro atoms. The van der Waals surface area contributed by atoms with Crippen LogP contribution in [0.4, 0.5) is 11.6 Å².